The van der Waals surface area contributed by atoms with Crippen molar-refractivity contribution in [3.63, 3.8) is 0 Å². The first kappa shape index (κ1) is 10.3. The largest absolute Gasteiger partial charge is 0.245 e. The molecule has 0 aliphatic heterocycles. The Bertz CT molecular complexity index is 484. The van der Waals surface area contributed by atoms with E-state index in [0.29, 0.717) is 0 Å². The van der Waals surface area contributed by atoms with E-state index in [1.807, 2.05) is 36.4 Å². The molecule has 1 aromatic carbocycles. The fraction of sp³-hybridized carbons (Fsp3) is 0. The Balaban J connectivity index is 2.14. The number of benzene rings is 1. The Morgan fingerprint density at radius 2 is 1.69 bits per heavy atom. The van der Waals surface area contributed by atoms with Gasteiger partial charge >= 0.3 is 0 Å². The minimum absolute atomic E-state index is 0.905. The first-order valence-electron chi connectivity index (χ1n) is 5.05. The zero-order chi connectivity index (χ0) is 11.2. The molecule has 0 unspecified atom stereocenters. The van der Waals surface area contributed by atoms with Crippen LogP contribution in [0.4, 0.5) is 0 Å². The molecular weight excluding hydrogens is 196 g/mol. The van der Waals surface area contributed by atoms with Gasteiger partial charge in [0.25, 0.3) is 0 Å². The minimum atomic E-state index is 0.905. The lowest BCUT2D eigenvalue weighted by Crippen LogP contribution is -1.80. The summed E-state index contributed by atoms with van der Waals surface area (Å²) in [5.41, 5.74) is 3.17. The van der Waals surface area contributed by atoms with E-state index in [9.17, 15) is 0 Å². The maximum Gasteiger partial charge on any atom is 0.115 e. The molecular formula is C14H12N2. The predicted molar refractivity (Wildman–Crippen MR) is 67.5 cm³/mol. The van der Waals surface area contributed by atoms with Crippen molar-refractivity contribution in [3.05, 3.63) is 66.3 Å². The van der Waals surface area contributed by atoms with Gasteiger partial charge in [0.05, 0.1) is 5.69 Å². The summed E-state index contributed by atoms with van der Waals surface area (Å²) < 4.78 is 0. The lowest BCUT2D eigenvalue weighted by Gasteiger charge is -1.95. The van der Waals surface area contributed by atoms with E-state index in [4.69, 9.17) is 0 Å². The third kappa shape index (κ3) is 2.64. The summed E-state index contributed by atoms with van der Waals surface area (Å²) in [5, 5.41) is 0. The van der Waals surface area contributed by atoms with E-state index in [1.54, 1.807) is 12.5 Å². The molecule has 16 heavy (non-hydrogen) atoms. The van der Waals surface area contributed by atoms with Gasteiger partial charge in [-0.1, -0.05) is 43.0 Å². The Labute approximate surface area is 95.0 Å². The summed E-state index contributed by atoms with van der Waals surface area (Å²) >= 11 is 0. The molecule has 2 rings (SSSR count). The maximum absolute atomic E-state index is 4.11. The van der Waals surface area contributed by atoms with Crippen molar-refractivity contribution in [2.75, 3.05) is 0 Å². The summed E-state index contributed by atoms with van der Waals surface area (Å²) in [5.74, 6) is 0. The van der Waals surface area contributed by atoms with Crippen molar-refractivity contribution < 1.29 is 0 Å². The molecule has 0 saturated heterocycles. The molecule has 0 atom stereocenters. The third-order valence-electron chi connectivity index (χ3n) is 2.22. The summed E-state index contributed by atoms with van der Waals surface area (Å²) in [7, 11) is 0. The van der Waals surface area contributed by atoms with Crippen molar-refractivity contribution in [1.82, 2.24) is 9.97 Å². The van der Waals surface area contributed by atoms with Crippen LogP contribution in [0.15, 0.2) is 49.4 Å². The molecule has 0 radical (unpaired) electrons. The average Bonchev–Trinajstić information content (AvgIpc) is 2.38. The molecule has 0 spiro atoms. The third-order valence-corrected chi connectivity index (χ3v) is 2.22. The van der Waals surface area contributed by atoms with Gasteiger partial charge in [0.15, 0.2) is 0 Å². The van der Waals surface area contributed by atoms with Crippen LogP contribution >= 0.6 is 0 Å². The van der Waals surface area contributed by atoms with Crippen LogP contribution in [0.3, 0.4) is 0 Å². The maximum atomic E-state index is 4.11. The lowest BCUT2D eigenvalue weighted by atomic mass is 10.1. The highest BCUT2D eigenvalue weighted by molar-refractivity contribution is 5.68. The van der Waals surface area contributed by atoms with E-state index in [1.165, 1.54) is 0 Å². The van der Waals surface area contributed by atoms with E-state index in [2.05, 4.69) is 28.7 Å². The number of hydrogen-bond acceptors (Lipinski definition) is 2. The summed E-state index contributed by atoms with van der Waals surface area (Å²) in [6, 6.07) is 10.0. The monoisotopic (exact) mass is 208 g/mol. The fourth-order valence-corrected chi connectivity index (χ4v) is 1.32. The zero-order valence-electron chi connectivity index (χ0n) is 8.88. The van der Waals surface area contributed by atoms with Gasteiger partial charge in [0.2, 0.25) is 0 Å². The molecule has 0 fully saturated rings. The van der Waals surface area contributed by atoms with Crippen LogP contribution in [0.2, 0.25) is 0 Å². The molecule has 78 valence electrons. The van der Waals surface area contributed by atoms with Gasteiger partial charge < -0.3 is 0 Å². The van der Waals surface area contributed by atoms with Crippen LogP contribution < -0.4 is 0 Å². The predicted octanol–water partition coefficient (Wildman–Crippen LogP) is 3.29. The Morgan fingerprint density at radius 3 is 2.31 bits per heavy atom. The van der Waals surface area contributed by atoms with Crippen LogP contribution in [-0.4, -0.2) is 9.97 Å². The van der Waals surface area contributed by atoms with Gasteiger partial charge in [-0.2, -0.15) is 0 Å². The Morgan fingerprint density at radius 1 is 0.938 bits per heavy atom. The Hall–Kier alpha value is -2.22. The first-order valence-corrected chi connectivity index (χ1v) is 5.05. The van der Waals surface area contributed by atoms with Crippen LogP contribution in [0.25, 0.3) is 18.2 Å². The van der Waals surface area contributed by atoms with E-state index in [0.717, 1.165) is 16.8 Å². The first-order chi connectivity index (χ1) is 7.88. The minimum Gasteiger partial charge on any atom is -0.245 e. The van der Waals surface area contributed by atoms with Crippen molar-refractivity contribution in [3.8, 4) is 0 Å². The Kier molecular flexibility index (Phi) is 3.24. The van der Waals surface area contributed by atoms with Gasteiger partial charge in [-0.05, 0) is 23.3 Å². The van der Waals surface area contributed by atoms with Crippen molar-refractivity contribution >= 4 is 18.2 Å². The summed E-state index contributed by atoms with van der Waals surface area (Å²) in [6.07, 6.45) is 9.09. The molecule has 1 aromatic heterocycles. The second-order valence-electron chi connectivity index (χ2n) is 3.34. The molecule has 2 heteroatoms. The standard InChI is InChI=1S/C14H12N2/c1-2-12-3-5-13(6-4-12)7-8-14-9-10-15-11-16-14/h2-11H,1H2. The van der Waals surface area contributed by atoms with E-state index in [-0.39, 0.29) is 0 Å². The van der Waals surface area contributed by atoms with Crippen LogP contribution in [-0.2, 0) is 0 Å². The summed E-state index contributed by atoms with van der Waals surface area (Å²) in [6.45, 7) is 3.72. The average molecular weight is 208 g/mol. The van der Waals surface area contributed by atoms with E-state index < -0.39 is 0 Å². The number of aromatic nitrogens is 2. The van der Waals surface area contributed by atoms with Crippen molar-refractivity contribution in [2.24, 2.45) is 0 Å². The normalized spacial score (nSPS) is 10.5. The number of nitrogens with zero attached hydrogens (tertiary/aromatic N) is 2. The molecule has 1 heterocycles. The van der Waals surface area contributed by atoms with E-state index >= 15 is 0 Å². The summed E-state index contributed by atoms with van der Waals surface area (Å²) in [4.78, 5) is 7.98. The van der Waals surface area contributed by atoms with Crippen molar-refractivity contribution in [2.45, 2.75) is 0 Å². The highest BCUT2D eigenvalue weighted by atomic mass is 14.8. The quantitative estimate of drug-likeness (QED) is 0.773. The van der Waals surface area contributed by atoms with Crippen LogP contribution in [0, 0.1) is 0 Å². The van der Waals surface area contributed by atoms with Gasteiger partial charge in [-0.3, -0.25) is 0 Å². The van der Waals surface area contributed by atoms with Gasteiger partial charge in [-0.15, -0.1) is 0 Å². The second-order valence-corrected chi connectivity index (χ2v) is 3.34. The van der Waals surface area contributed by atoms with Gasteiger partial charge in [0, 0.05) is 6.20 Å². The zero-order valence-corrected chi connectivity index (χ0v) is 8.88. The molecule has 0 aliphatic carbocycles. The van der Waals surface area contributed by atoms with Crippen molar-refractivity contribution in [1.29, 1.82) is 0 Å². The number of rotatable bonds is 3. The number of hydrogen-bond donors (Lipinski definition) is 0. The molecule has 2 nitrogen and oxygen atoms in total. The fourth-order valence-electron chi connectivity index (χ4n) is 1.32. The van der Waals surface area contributed by atoms with Gasteiger partial charge in [0.1, 0.15) is 6.33 Å². The highest BCUT2D eigenvalue weighted by Gasteiger charge is 1.89. The molecule has 0 saturated carbocycles. The smallest absolute Gasteiger partial charge is 0.115 e. The molecule has 0 N–H and O–H groups in total. The molecule has 0 bridgehead atoms. The highest BCUT2D eigenvalue weighted by Crippen LogP contribution is 2.08. The molecule has 2 aromatic rings. The topological polar surface area (TPSA) is 25.8 Å². The second kappa shape index (κ2) is 5.03. The van der Waals surface area contributed by atoms with Gasteiger partial charge in [-0.25, -0.2) is 9.97 Å². The van der Waals surface area contributed by atoms with Crippen LogP contribution in [0.5, 0.6) is 0 Å². The SMILES string of the molecule is C=Cc1ccc(C=Cc2ccncn2)cc1. The lowest BCUT2D eigenvalue weighted by molar-refractivity contribution is 1.15. The van der Waals surface area contributed by atoms with Crippen LogP contribution in [0.1, 0.15) is 16.8 Å². The molecule has 0 amide bonds. The molecule has 0 aliphatic rings.